The standard InChI is InChI=1S/C15H18ClN3O/c1-9(2)12(17)8-14(20)19-13-6-5-11(16)15-10(13)4-3-7-18-15/h3-7,9,12H,8,17H2,1-2H3,(H,19,20). The first-order valence-electron chi connectivity index (χ1n) is 6.57. The lowest BCUT2D eigenvalue weighted by Crippen LogP contribution is -2.31. The molecule has 4 nitrogen and oxygen atoms in total. The molecule has 0 saturated carbocycles. The molecule has 2 aromatic rings. The van der Waals surface area contributed by atoms with Crippen LogP contribution in [0.1, 0.15) is 20.3 Å². The average molecular weight is 292 g/mol. The zero-order valence-electron chi connectivity index (χ0n) is 11.6. The Kier molecular flexibility index (Phi) is 4.57. The Hall–Kier alpha value is -1.65. The lowest BCUT2D eigenvalue weighted by Gasteiger charge is -2.15. The van der Waals surface area contributed by atoms with Crippen molar-refractivity contribution >= 4 is 34.1 Å². The summed E-state index contributed by atoms with van der Waals surface area (Å²) in [6, 6.07) is 7.06. The van der Waals surface area contributed by atoms with E-state index in [-0.39, 0.29) is 17.9 Å². The minimum absolute atomic E-state index is 0.0984. The van der Waals surface area contributed by atoms with Crippen molar-refractivity contribution < 1.29 is 4.79 Å². The van der Waals surface area contributed by atoms with Crippen LogP contribution in [0.15, 0.2) is 30.5 Å². The van der Waals surface area contributed by atoms with E-state index >= 15 is 0 Å². The van der Waals surface area contributed by atoms with Crippen LogP contribution in [0.25, 0.3) is 10.9 Å². The van der Waals surface area contributed by atoms with E-state index in [0.29, 0.717) is 22.6 Å². The molecule has 3 N–H and O–H groups in total. The average Bonchev–Trinajstić information content (AvgIpc) is 2.42. The van der Waals surface area contributed by atoms with Gasteiger partial charge >= 0.3 is 0 Å². The molecule has 1 amide bonds. The molecule has 1 atom stereocenters. The number of carbonyl (C=O) groups is 1. The number of aromatic nitrogens is 1. The summed E-state index contributed by atoms with van der Waals surface area (Å²) in [5.41, 5.74) is 7.30. The molecule has 1 heterocycles. The van der Waals surface area contributed by atoms with Crippen LogP contribution in [0, 0.1) is 5.92 Å². The van der Waals surface area contributed by atoms with Gasteiger partial charge in [-0.05, 0) is 30.2 Å². The number of rotatable bonds is 4. The summed E-state index contributed by atoms with van der Waals surface area (Å²) in [6.45, 7) is 4.00. The molecule has 0 fully saturated rings. The summed E-state index contributed by atoms with van der Waals surface area (Å²) >= 11 is 6.10. The monoisotopic (exact) mass is 291 g/mol. The van der Waals surface area contributed by atoms with Gasteiger partial charge in [-0.15, -0.1) is 0 Å². The van der Waals surface area contributed by atoms with E-state index in [4.69, 9.17) is 17.3 Å². The number of benzene rings is 1. The minimum atomic E-state index is -0.147. The number of hydrogen-bond donors (Lipinski definition) is 2. The summed E-state index contributed by atoms with van der Waals surface area (Å²) in [5, 5.41) is 4.27. The Morgan fingerprint density at radius 3 is 2.85 bits per heavy atom. The Labute approximate surface area is 123 Å². The highest BCUT2D eigenvalue weighted by molar-refractivity contribution is 6.35. The maximum absolute atomic E-state index is 12.0. The van der Waals surface area contributed by atoms with Crippen LogP contribution in [0.4, 0.5) is 5.69 Å². The number of nitrogens with two attached hydrogens (primary N) is 1. The first-order chi connectivity index (χ1) is 9.49. The number of nitrogens with one attached hydrogen (secondary N) is 1. The molecule has 1 unspecified atom stereocenters. The van der Waals surface area contributed by atoms with Gasteiger partial charge in [0.05, 0.1) is 16.2 Å². The van der Waals surface area contributed by atoms with Crippen molar-refractivity contribution in [3.63, 3.8) is 0 Å². The first-order valence-corrected chi connectivity index (χ1v) is 6.95. The fourth-order valence-electron chi connectivity index (χ4n) is 1.90. The molecule has 1 aromatic carbocycles. The van der Waals surface area contributed by atoms with Gasteiger partial charge in [0.25, 0.3) is 0 Å². The molecule has 2 rings (SSSR count). The molecule has 0 spiro atoms. The Balaban J connectivity index is 2.22. The number of anilines is 1. The van der Waals surface area contributed by atoms with Crippen LogP contribution in [0.5, 0.6) is 0 Å². The van der Waals surface area contributed by atoms with E-state index in [2.05, 4.69) is 10.3 Å². The van der Waals surface area contributed by atoms with Gasteiger partial charge in [0, 0.05) is 24.0 Å². The molecule has 0 aliphatic heterocycles. The van der Waals surface area contributed by atoms with Crippen molar-refractivity contribution in [1.82, 2.24) is 4.98 Å². The van der Waals surface area contributed by atoms with Crippen molar-refractivity contribution in [2.75, 3.05) is 5.32 Å². The van der Waals surface area contributed by atoms with Crippen LogP contribution in [-0.4, -0.2) is 16.9 Å². The molecule has 0 aliphatic rings. The van der Waals surface area contributed by atoms with Gasteiger partial charge in [0.15, 0.2) is 0 Å². The predicted molar refractivity (Wildman–Crippen MR) is 82.8 cm³/mol. The van der Waals surface area contributed by atoms with Gasteiger partial charge in [0.2, 0.25) is 5.91 Å². The molecule has 20 heavy (non-hydrogen) atoms. The van der Waals surface area contributed by atoms with Crippen LogP contribution in [0.3, 0.4) is 0 Å². The van der Waals surface area contributed by atoms with Crippen molar-refractivity contribution in [3.8, 4) is 0 Å². The molecule has 5 heteroatoms. The number of pyridine rings is 1. The third-order valence-corrected chi connectivity index (χ3v) is 3.58. The van der Waals surface area contributed by atoms with Gasteiger partial charge in [-0.1, -0.05) is 25.4 Å². The highest BCUT2D eigenvalue weighted by Gasteiger charge is 2.14. The van der Waals surface area contributed by atoms with Gasteiger partial charge in [-0.25, -0.2) is 0 Å². The minimum Gasteiger partial charge on any atom is -0.327 e. The van der Waals surface area contributed by atoms with E-state index in [0.717, 1.165) is 5.39 Å². The third-order valence-electron chi connectivity index (χ3n) is 3.27. The smallest absolute Gasteiger partial charge is 0.225 e. The summed E-state index contributed by atoms with van der Waals surface area (Å²) in [6.07, 6.45) is 1.97. The third kappa shape index (κ3) is 3.26. The predicted octanol–water partition coefficient (Wildman–Crippen LogP) is 3.20. The molecular formula is C15H18ClN3O. The molecule has 1 aromatic heterocycles. The number of carbonyl (C=O) groups excluding carboxylic acids is 1. The molecule has 0 bridgehead atoms. The number of fused-ring (bicyclic) bond motifs is 1. The Morgan fingerprint density at radius 1 is 1.40 bits per heavy atom. The summed E-state index contributed by atoms with van der Waals surface area (Å²) < 4.78 is 0. The first kappa shape index (κ1) is 14.8. The normalized spacial score (nSPS) is 12.7. The van der Waals surface area contributed by atoms with E-state index in [1.165, 1.54) is 0 Å². The quantitative estimate of drug-likeness (QED) is 0.909. The lowest BCUT2D eigenvalue weighted by molar-refractivity contribution is -0.116. The highest BCUT2D eigenvalue weighted by atomic mass is 35.5. The summed E-state index contributed by atoms with van der Waals surface area (Å²) in [7, 11) is 0. The van der Waals surface area contributed by atoms with Crippen LogP contribution in [0.2, 0.25) is 5.02 Å². The number of amides is 1. The Morgan fingerprint density at radius 2 is 2.15 bits per heavy atom. The maximum atomic E-state index is 12.0. The molecule has 106 valence electrons. The van der Waals surface area contributed by atoms with E-state index in [1.54, 1.807) is 18.3 Å². The molecule has 0 aliphatic carbocycles. The lowest BCUT2D eigenvalue weighted by atomic mass is 10.0. The number of nitrogens with zero attached hydrogens (tertiary/aromatic N) is 1. The van der Waals surface area contributed by atoms with E-state index < -0.39 is 0 Å². The molecule has 0 saturated heterocycles. The highest BCUT2D eigenvalue weighted by Crippen LogP contribution is 2.28. The summed E-state index contributed by atoms with van der Waals surface area (Å²) in [5.74, 6) is 0.169. The SMILES string of the molecule is CC(C)C(N)CC(=O)Nc1ccc(Cl)c2ncccc12. The van der Waals surface area contributed by atoms with Gasteiger partial charge in [-0.2, -0.15) is 0 Å². The fraction of sp³-hybridized carbons (Fsp3) is 0.333. The van der Waals surface area contributed by atoms with Crippen LogP contribution >= 0.6 is 11.6 Å². The van der Waals surface area contributed by atoms with Gasteiger partial charge in [-0.3, -0.25) is 9.78 Å². The fourth-order valence-corrected chi connectivity index (χ4v) is 2.11. The number of halogens is 1. The second-order valence-electron chi connectivity index (χ2n) is 5.15. The van der Waals surface area contributed by atoms with E-state index in [1.807, 2.05) is 26.0 Å². The topological polar surface area (TPSA) is 68.0 Å². The number of hydrogen-bond acceptors (Lipinski definition) is 3. The largest absolute Gasteiger partial charge is 0.327 e. The zero-order valence-corrected chi connectivity index (χ0v) is 12.3. The second-order valence-corrected chi connectivity index (χ2v) is 5.56. The molecule has 0 radical (unpaired) electrons. The van der Waals surface area contributed by atoms with Crippen LogP contribution < -0.4 is 11.1 Å². The van der Waals surface area contributed by atoms with Crippen molar-refractivity contribution in [2.45, 2.75) is 26.3 Å². The van der Waals surface area contributed by atoms with Crippen molar-refractivity contribution in [3.05, 3.63) is 35.5 Å². The van der Waals surface area contributed by atoms with E-state index in [9.17, 15) is 4.79 Å². The van der Waals surface area contributed by atoms with Crippen molar-refractivity contribution in [1.29, 1.82) is 0 Å². The zero-order chi connectivity index (χ0) is 14.7. The maximum Gasteiger partial charge on any atom is 0.225 e. The molecular weight excluding hydrogens is 274 g/mol. The van der Waals surface area contributed by atoms with Gasteiger partial charge < -0.3 is 11.1 Å². The Bertz CT molecular complexity index is 628. The summed E-state index contributed by atoms with van der Waals surface area (Å²) in [4.78, 5) is 16.2. The van der Waals surface area contributed by atoms with Gasteiger partial charge in [0.1, 0.15) is 0 Å². The van der Waals surface area contributed by atoms with Crippen molar-refractivity contribution in [2.24, 2.45) is 11.7 Å². The van der Waals surface area contributed by atoms with Crippen LogP contribution in [-0.2, 0) is 4.79 Å². The second kappa shape index (κ2) is 6.20.